The van der Waals surface area contributed by atoms with Gasteiger partial charge in [-0.1, -0.05) is 19.1 Å². The van der Waals surface area contributed by atoms with Crippen LogP contribution in [-0.4, -0.2) is 19.3 Å². The lowest BCUT2D eigenvalue weighted by Crippen LogP contribution is -2.46. The Morgan fingerprint density at radius 2 is 2.00 bits per heavy atom. The number of nitrogens with two attached hydrogens (primary N) is 1. The van der Waals surface area contributed by atoms with Gasteiger partial charge >= 0.3 is 0 Å². The molecule has 0 aromatic heterocycles. The van der Waals surface area contributed by atoms with Crippen LogP contribution in [0.2, 0.25) is 0 Å². The van der Waals surface area contributed by atoms with Gasteiger partial charge in [0.25, 0.3) is 0 Å². The van der Waals surface area contributed by atoms with Crippen molar-refractivity contribution >= 4 is 22.6 Å². The molecule has 0 aliphatic carbocycles. The molecule has 1 aromatic carbocycles. The maximum atomic E-state index is 5.57. The summed E-state index contributed by atoms with van der Waals surface area (Å²) in [5.74, 6) is 5.57. The van der Waals surface area contributed by atoms with Gasteiger partial charge < -0.3 is 4.74 Å². The molecule has 0 aliphatic heterocycles. The first-order valence-corrected chi connectivity index (χ1v) is 6.52. The van der Waals surface area contributed by atoms with Crippen LogP contribution in [0.4, 0.5) is 0 Å². The second-order valence-electron chi connectivity index (χ2n) is 3.79. The van der Waals surface area contributed by atoms with Gasteiger partial charge in [0.2, 0.25) is 0 Å². The van der Waals surface area contributed by atoms with E-state index >= 15 is 0 Å². The number of hydrazine groups is 1. The van der Waals surface area contributed by atoms with E-state index < -0.39 is 0 Å². The Hall–Kier alpha value is -0.170. The molecule has 16 heavy (non-hydrogen) atoms. The Kier molecular flexibility index (Phi) is 6.26. The van der Waals surface area contributed by atoms with E-state index in [-0.39, 0.29) is 12.1 Å². The van der Waals surface area contributed by atoms with Crippen LogP contribution < -0.4 is 11.3 Å². The van der Waals surface area contributed by atoms with Crippen molar-refractivity contribution in [1.29, 1.82) is 0 Å². The second-order valence-corrected chi connectivity index (χ2v) is 5.03. The van der Waals surface area contributed by atoms with Crippen LogP contribution in [-0.2, 0) is 11.2 Å². The summed E-state index contributed by atoms with van der Waals surface area (Å²) in [6, 6.07) is 8.65. The standard InChI is InChI=1S/C12H19IN2O/c1-3-12(16-2)11(15-14)8-9-4-6-10(13)7-5-9/h4-7,11-12,15H,3,8,14H2,1-2H3. The van der Waals surface area contributed by atoms with Crippen molar-refractivity contribution in [2.45, 2.75) is 31.9 Å². The van der Waals surface area contributed by atoms with E-state index in [1.54, 1.807) is 7.11 Å². The average Bonchev–Trinajstić information content (AvgIpc) is 2.32. The van der Waals surface area contributed by atoms with Crippen LogP contribution in [0.5, 0.6) is 0 Å². The van der Waals surface area contributed by atoms with Crippen LogP contribution in [0, 0.1) is 3.57 Å². The molecule has 0 aliphatic rings. The number of benzene rings is 1. The minimum absolute atomic E-state index is 0.157. The van der Waals surface area contributed by atoms with Crippen LogP contribution in [0.3, 0.4) is 0 Å². The Bertz CT molecular complexity index is 298. The predicted octanol–water partition coefficient (Wildman–Crippen LogP) is 2.09. The van der Waals surface area contributed by atoms with Crippen LogP contribution in [0.25, 0.3) is 0 Å². The lowest BCUT2D eigenvalue weighted by Gasteiger charge is -2.24. The Morgan fingerprint density at radius 3 is 2.44 bits per heavy atom. The maximum absolute atomic E-state index is 5.57. The first-order valence-electron chi connectivity index (χ1n) is 5.44. The van der Waals surface area contributed by atoms with E-state index in [9.17, 15) is 0 Å². The summed E-state index contributed by atoms with van der Waals surface area (Å²) >= 11 is 2.30. The molecule has 1 aromatic rings. The van der Waals surface area contributed by atoms with E-state index in [1.807, 2.05) is 0 Å². The van der Waals surface area contributed by atoms with Crippen molar-refractivity contribution in [3.8, 4) is 0 Å². The maximum Gasteiger partial charge on any atom is 0.0738 e. The molecule has 0 fully saturated rings. The molecule has 0 spiro atoms. The highest BCUT2D eigenvalue weighted by molar-refractivity contribution is 14.1. The summed E-state index contributed by atoms with van der Waals surface area (Å²) in [4.78, 5) is 0. The molecule has 1 rings (SSSR count). The summed E-state index contributed by atoms with van der Waals surface area (Å²) in [6.45, 7) is 2.10. The topological polar surface area (TPSA) is 47.3 Å². The van der Waals surface area contributed by atoms with E-state index in [1.165, 1.54) is 9.13 Å². The van der Waals surface area contributed by atoms with Crippen molar-refractivity contribution in [1.82, 2.24) is 5.43 Å². The van der Waals surface area contributed by atoms with Gasteiger partial charge in [-0.2, -0.15) is 0 Å². The number of rotatable bonds is 6. The van der Waals surface area contributed by atoms with Crippen LogP contribution in [0.15, 0.2) is 24.3 Å². The normalized spacial score (nSPS) is 14.8. The van der Waals surface area contributed by atoms with E-state index in [4.69, 9.17) is 10.6 Å². The monoisotopic (exact) mass is 334 g/mol. The fraction of sp³-hybridized carbons (Fsp3) is 0.500. The van der Waals surface area contributed by atoms with Gasteiger partial charge in [0, 0.05) is 10.7 Å². The summed E-state index contributed by atoms with van der Waals surface area (Å²) in [5.41, 5.74) is 4.12. The number of ether oxygens (including phenoxy) is 1. The molecule has 0 radical (unpaired) electrons. The first-order chi connectivity index (χ1) is 7.71. The average molecular weight is 334 g/mol. The van der Waals surface area contributed by atoms with Gasteiger partial charge in [0.15, 0.2) is 0 Å². The SMILES string of the molecule is CCC(OC)C(Cc1ccc(I)cc1)NN. The molecular formula is C12H19IN2O. The number of hydrogen-bond donors (Lipinski definition) is 2. The summed E-state index contributed by atoms with van der Waals surface area (Å²) in [7, 11) is 1.73. The van der Waals surface area contributed by atoms with Crippen molar-refractivity contribution in [2.75, 3.05) is 7.11 Å². The molecule has 3 N–H and O–H groups in total. The molecule has 90 valence electrons. The van der Waals surface area contributed by atoms with E-state index in [0.29, 0.717) is 0 Å². The molecule has 2 atom stereocenters. The second kappa shape index (κ2) is 7.21. The minimum atomic E-state index is 0.157. The quantitative estimate of drug-likeness (QED) is 0.476. The van der Waals surface area contributed by atoms with Crippen molar-refractivity contribution in [3.63, 3.8) is 0 Å². The highest BCUT2D eigenvalue weighted by Crippen LogP contribution is 2.12. The Morgan fingerprint density at radius 1 is 1.38 bits per heavy atom. The molecule has 0 saturated carbocycles. The highest BCUT2D eigenvalue weighted by Gasteiger charge is 2.18. The zero-order valence-corrected chi connectivity index (χ0v) is 11.9. The molecule has 4 heteroatoms. The zero-order valence-electron chi connectivity index (χ0n) is 9.74. The van der Waals surface area contributed by atoms with Crippen molar-refractivity contribution in [2.24, 2.45) is 5.84 Å². The molecule has 0 bridgehead atoms. The summed E-state index contributed by atoms with van der Waals surface area (Å²) < 4.78 is 6.65. The van der Waals surface area contributed by atoms with Gasteiger partial charge in [-0.05, 0) is 53.1 Å². The van der Waals surface area contributed by atoms with Gasteiger partial charge in [0.1, 0.15) is 0 Å². The number of hydrogen-bond acceptors (Lipinski definition) is 3. The Balaban J connectivity index is 2.65. The highest BCUT2D eigenvalue weighted by atomic mass is 127. The molecule has 0 saturated heterocycles. The zero-order chi connectivity index (χ0) is 12.0. The fourth-order valence-corrected chi connectivity index (χ4v) is 2.15. The van der Waals surface area contributed by atoms with Gasteiger partial charge in [0.05, 0.1) is 12.1 Å². The molecular weight excluding hydrogens is 315 g/mol. The Labute approximate surface area is 111 Å². The van der Waals surface area contributed by atoms with E-state index in [0.717, 1.165) is 12.8 Å². The summed E-state index contributed by atoms with van der Waals surface area (Å²) in [6.07, 6.45) is 2.00. The third-order valence-corrected chi connectivity index (χ3v) is 3.46. The third kappa shape index (κ3) is 4.01. The van der Waals surface area contributed by atoms with Gasteiger partial charge in [-0.15, -0.1) is 0 Å². The number of halogens is 1. The van der Waals surface area contributed by atoms with Crippen molar-refractivity contribution in [3.05, 3.63) is 33.4 Å². The van der Waals surface area contributed by atoms with Gasteiger partial charge in [-0.25, -0.2) is 0 Å². The van der Waals surface area contributed by atoms with Crippen LogP contribution in [0.1, 0.15) is 18.9 Å². The molecule has 0 amide bonds. The number of methoxy groups -OCH3 is 1. The smallest absolute Gasteiger partial charge is 0.0738 e. The lowest BCUT2D eigenvalue weighted by atomic mass is 10.0. The fourth-order valence-electron chi connectivity index (χ4n) is 1.79. The first kappa shape index (κ1) is 13.9. The molecule has 3 nitrogen and oxygen atoms in total. The molecule has 2 unspecified atom stereocenters. The van der Waals surface area contributed by atoms with Crippen molar-refractivity contribution < 1.29 is 4.74 Å². The number of nitrogens with one attached hydrogen (secondary N) is 1. The van der Waals surface area contributed by atoms with E-state index in [2.05, 4.69) is 59.2 Å². The third-order valence-electron chi connectivity index (χ3n) is 2.74. The lowest BCUT2D eigenvalue weighted by molar-refractivity contribution is 0.0653. The largest absolute Gasteiger partial charge is 0.380 e. The predicted molar refractivity (Wildman–Crippen MR) is 75.1 cm³/mol. The van der Waals surface area contributed by atoms with Crippen LogP contribution >= 0.6 is 22.6 Å². The summed E-state index contributed by atoms with van der Waals surface area (Å²) in [5, 5.41) is 0. The molecule has 0 heterocycles. The van der Waals surface area contributed by atoms with Gasteiger partial charge in [-0.3, -0.25) is 11.3 Å². The minimum Gasteiger partial charge on any atom is -0.380 e.